The molecule has 0 aliphatic rings. The van der Waals surface area contributed by atoms with E-state index in [9.17, 15) is 18.3 Å². The van der Waals surface area contributed by atoms with Gasteiger partial charge in [-0.05, 0) is 36.4 Å². The van der Waals surface area contributed by atoms with Crippen LogP contribution in [0.1, 0.15) is 17.2 Å². The van der Waals surface area contributed by atoms with Crippen LogP contribution in [0, 0.1) is 17.5 Å². The van der Waals surface area contributed by atoms with E-state index in [1.54, 1.807) is 12.1 Å². The highest BCUT2D eigenvalue weighted by Gasteiger charge is 2.29. The van der Waals surface area contributed by atoms with Gasteiger partial charge in [-0.15, -0.1) is 0 Å². The van der Waals surface area contributed by atoms with E-state index in [0.717, 1.165) is 18.2 Å². The molecule has 0 aliphatic heterocycles. The van der Waals surface area contributed by atoms with Gasteiger partial charge >= 0.3 is 0 Å². The number of pyridine rings is 1. The van der Waals surface area contributed by atoms with Crippen molar-refractivity contribution < 1.29 is 22.8 Å². The maximum Gasteiger partial charge on any atom is 0.176 e. The molecule has 0 amide bonds. The number of nitrogens with zero attached hydrogens (tertiary/aromatic N) is 2. The molecule has 2 heterocycles. The minimum absolute atomic E-state index is 0.00450. The Morgan fingerprint density at radius 1 is 0.966 bits per heavy atom. The highest BCUT2D eigenvalue weighted by molar-refractivity contribution is 6.30. The monoisotopic (exact) mass is 416 g/mol. The molecule has 146 valence electrons. The van der Waals surface area contributed by atoms with Gasteiger partial charge in [0, 0.05) is 34.6 Å². The van der Waals surface area contributed by atoms with Crippen molar-refractivity contribution in [2.75, 3.05) is 0 Å². The average Bonchev–Trinajstić information content (AvgIpc) is 3.12. The van der Waals surface area contributed by atoms with Gasteiger partial charge in [0.15, 0.2) is 5.76 Å². The lowest BCUT2D eigenvalue weighted by Crippen LogP contribution is -2.04. The zero-order chi connectivity index (χ0) is 20.5. The van der Waals surface area contributed by atoms with Crippen LogP contribution in [0.2, 0.25) is 5.02 Å². The Labute approximate surface area is 168 Å². The lowest BCUT2D eigenvalue weighted by molar-refractivity contribution is 0.220. The quantitative estimate of drug-likeness (QED) is 0.473. The summed E-state index contributed by atoms with van der Waals surface area (Å²) in [5.74, 6) is -2.53. The normalized spacial score (nSPS) is 12.2. The summed E-state index contributed by atoms with van der Waals surface area (Å²) in [4.78, 5) is 3.95. The molecule has 0 bridgehead atoms. The molecule has 0 radical (unpaired) electrons. The Hall–Kier alpha value is -3.16. The SMILES string of the molecule is OC(c1cccnc1)c1c(-c2ccc(Cl)cc2F)noc1-c1ccc(F)cc1F. The van der Waals surface area contributed by atoms with Gasteiger partial charge in [0.05, 0.1) is 11.1 Å². The van der Waals surface area contributed by atoms with Crippen LogP contribution in [-0.4, -0.2) is 15.2 Å². The van der Waals surface area contributed by atoms with E-state index in [0.29, 0.717) is 11.6 Å². The molecule has 2 aromatic heterocycles. The van der Waals surface area contributed by atoms with E-state index in [2.05, 4.69) is 10.1 Å². The van der Waals surface area contributed by atoms with Crippen LogP contribution in [0.25, 0.3) is 22.6 Å². The molecule has 1 atom stereocenters. The van der Waals surface area contributed by atoms with Crippen LogP contribution >= 0.6 is 11.6 Å². The second-order valence-corrected chi connectivity index (χ2v) is 6.65. The summed E-state index contributed by atoms with van der Waals surface area (Å²) in [5, 5.41) is 15.0. The third kappa shape index (κ3) is 3.62. The molecule has 29 heavy (non-hydrogen) atoms. The number of aliphatic hydroxyl groups excluding tert-OH is 1. The smallest absolute Gasteiger partial charge is 0.176 e. The molecule has 0 saturated heterocycles. The fraction of sp³-hybridized carbons (Fsp3) is 0.0476. The number of halogens is 4. The standard InChI is InChI=1S/C21H12ClF3N2O2/c22-12-3-5-14(16(24)8-12)19-18(20(28)11-2-1-7-26-10-11)21(29-27-19)15-6-4-13(23)9-17(15)25/h1-10,20,28H. The van der Waals surface area contributed by atoms with E-state index < -0.39 is 23.6 Å². The summed E-state index contributed by atoms with van der Waals surface area (Å²) in [5.41, 5.74) is 0.219. The minimum atomic E-state index is -1.36. The molecule has 1 unspecified atom stereocenters. The summed E-state index contributed by atoms with van der Waals surface area (Å²) in [7, 11) is 0. The number of hydrogen-bond acceptors (Lipinski definition) is 4. The molecular formula is C21H12ClF3N2O2. The number of benzene rings is 2. The molecule has 0 spiro atoms. The second-order valence-electron chi connectivity index (χ2n) is 6.21. The zero-order valence-corrected chi connectivity index (χ0v) is 15.4. The van der Waals surface area contributed by atoms with Crippen LogP contribution < -0.4 is 0 Å². The third-order valence-electron chi connectivity index (χ3n) is 4.36. The Balaban J connectivity index is 1.96. The zero-order valence-electron chi connectivity index (χ0n) is 14.6. The largest absolute Gasteiger partial charge is 0.383 e. The lowest BCUT2D eigenvalue weighted by atomic mass is 9.94. The summed E-state index contributed by atoms with van der Waals surface area (Å²) >= 11 is 5.81. The summed E-state index contributed by atoms with van der Waals surface area (Å²) in [6, 6.07) is 10.00. The Morgan fingerprint density at radius 3 is 2.41 bits per heavy atom. The van der Waals surface area contributed by atoms with E-state index in [1.165, 1.54) is 24.5 Å². The van der Waals surface area contributed by atoms with Crippen molar-refractivity contribution in [2.24, 2.45) is 0 Å². The van der Waals surface area contributed by atoms with Gasteiger partial charge in [0.25, 0.3) is 0 Å². The molecule has 2 aromatic carbocycles. The molecule has 0 fully saturated rings. The Morgan fingerprint density at radius 2 is 1.72 bits per heavy atom. The van der Waals surface area contributed by atoms with Crippen molar-refractivity contribution in [3.63, 3.8) is 0 Å². The number of hydrogen-bond donors (Lipinski definition) is 1. The summed E-state index contributed by atoms with van der Waals surface area (Å²) in [6.45, 7) is 0. The molecule has 4 rings (SSSR count). The van der Waals surface area contributed by atoms with E-state index in [4.69, 9.17) is 16.1 Å². The van der Waals surface area contributed by atoms with Crippen molar-refractivity contribution >= 4 is 11.6 Å². The predicted octanol–water partition coefficient (Wildman–Crippen LogP) is 5.56. The van der Waals surface area contributed by atoms with E-state index in [1.807, 2.05) is 0 Å². The highest BCUT2D eigenvalue weighted by atomic mass is 35.5. The fourth-order valence-corrected chi connectivity index (χ4v) is 3.16. The topological polar surface area (TPSA) is 59.2 Å². The van der Waals surface area contributed by atoms with Crippen LogP contribution in [0.4, 0.5) is 13.2 Å². The van der Waals surface area contributed by atoms with Gasteiger partial charge in [-0.3, -0.25) is 4.98 Å². The maximum atomic E-state index is 14.5. The first-order valence-corrected chi connectivity index (χ1v) is 8.82. The Bertz CT molecular complexity index is 1110. The van der Waals surface area contributed by atoms with Crippen LogP contribution in [-0.2, 0) is 0 Å². The molecule has 4 nitrogen and oxygen atoms in total. The van der Waals surface area contributed by atoms with E-state index in [-0.39, 0.29) is 33.2 Å². The number of rotatable bonds is 4. The van der Waals surface area contributed by atoms with Gasteiger partial charge in [0.1, 0.15) is 29.2 Å². The predicted molar refractivity (Wildman–Crippen MR) is 101 cm³/mol. The molecular weight excluding hydrogens is 405 g/mol. The van der Waals surface area contributed by atoms with Gasteiger partial charge in [-0.1, -0.05) is 22.8 Å². The molecule has 8 heteroatoms. The van der Waals surface area contributed by atoms with Crippen LogP contribution in [0.5, 0.6) is 0 Å². The van der Waals surface area contributed by atoms with Gasteiger partial charge < -0.3 is 9.63 Å². The number of aromatic nitrogens is 2. The summed E-state index contributed by atoms with van der Waals surface area (Å²) < 4.78 is 47.6. The third-order valence-corrected chi connectivity index (χ3v) is 4.60. The minimum Gasteiger partial charge on any atom is -0.383 e. The van der Waals surface area contributed by atoms with Gasteiger partial charge in [-0.2, -0.15) is 0 Å². The summed E-state index contributed by atoms with van der Waals surface area (Å²) in [6.07, 6.45) is 1.56. The van der Waals surface area contributed by atoms with Crippen molar-refractivity contribution in [1.82, 2.24) is 10.1 Å². The fourth-order valence-electron chi connectivity index (χ4n) is 3.00. The first-order valence-electron chi connectivity index (χ1n) is 8.44. The van der Waals surface area contributed by atoms with Crippen LogP contribution in [0.3, 0.4) is 0 Å². The number of aliphatic hydroxyl groups is 1. The first-order chi connectivity index (χ1) is 14.0. The average molecular weight is 417 g/mol. The highest BCUT2D eigenvalue weighted by Crippen LogP contribution is 2.40. The lowest BCUT2D eigenvalue weighted by Gasteiger charge is -2.13. The van der Waals surface area contributed by atoms with E-state index >= 15 is 0 Å². The van der Waals surface area contributed by atoms with Gasteiger partial charge in [-0.25, -0.2) is 13.2 Å². The first kappa shape index (κ1) is 19.2. The second kappa shape index (κ2) is 7.69. The molecule has 1 N–H and O–H groups in total. The molecule has 4 aromatic rings. The van der Waals surface area contributed by atoms with Crippen molar-refractivity contribution in [3.05, 3.63) is 94.5 Å². The van der Waals surface area contributed by atoms with Gasteiger partial charge in [0.2, 0.25) is 0 Å². The molecule has 0 aliphatic carbocycles. The Kier molecular flexibility index (Phi) is 5.08. The van der Waals surface area contributed by atoms with Crippen molar-refractivity contribution in [3.8, 4) is 22.6 Å². The van der Waals surface area contributed by atoms with Crippen LogP contribution in [0.15, 0.2) is 65.4 Å². The van der Waals surface area contributed by atoms with Crippen molar-refractivity contribution in [1.29, 1.82) is 0 Å². The van der Waals surface area contributed by atoms with Crippen molar-refractivity contribution in [2.45, 2.75) is 6.10 Å². The molecule has 0 saturated carbocycles. The maximum absolute atomic E-state index is 14.5.